The maximum atomic E-state index is 11.9. The van der Waals surface area contributed by atoms with E-state index in [0.717, 1.165) is 24.9 Å². The van der Waals surface area contributed by atoms with Crippen molar-refractivity contribution in [2.45, 2.75) is 32.2 Å². The highest BCUT2D eigenvalue weighted by Crippen LogP contribution is 2.17. The number of nitrogens with zero attached hydrogens (tertiary/aromatic N) is 2. The molecule has 2 rings (SSSR count). The Morgan fingerprint density at radius 1 is 1.24 bits per heavy atom. The molecule has 1 saturated heterocycles. The Bertz CT molecular complexity index is 631. The van der Waals surface area contributed by atoms with Crippen LogP contribution in [0.3, 0.4) is 0 Å². The van der Waals surface area contributed by atoms with Gasteiger partial charge in [0, 0.05) is 52.3 Å². The third-order valence-electron chi connectivity index (χ3n) is 4.10. The van der Waals surface area contributed by atoms with Crippen LogP contribution in [-0.4, -0.2) is 54.8 Å². The average Bonchev–Trinajstić information content (AvgIpc) is 2.57. The van der Waals surface area contributed by atoms with Crippen molar-refractivity contribution in [1.82, 2.24) is 15.1 Å². The second-order valence-electron chi connectivity index (χ2n) is 6.39. The zero-order valence-electron chi connectivity index (χ0n) is 14.9. The molecule has 0 unspecified atom stereocenters. The van der Waals surface area contributed by atoms with Gasteiger partial charge >= 0.3 is 6.03 Å². The van der Waals surface area contributed by atoms with Gasteiger partial charge in [-0.2, -0.15) is 0 Å². The number of anilines is 1. The summed E-state index contributed by atoms with van der Waals surface area (Å²) in [5.41, 5.74) is 1.65. The first kappa shape index (κ1) is 18.8. The number of urea groups is 1. The maximum Gasteiger partial charge on any atom is 0.319 e. The van der Waals surface area contributed by atoms with E-state index in [0.29, 0.717) is 18.7 Å². The molecule has 2 N–H and O–H groups in total. The number of carbonyl (C=O) groups is 3. The number of benzene rings is 1. The molecule has 0 atom stereocenters. The first-order chi connectivity index (χ1) is 12.0. The van der Waals surface area contributed by atoms with E-state index < -0.39 is 0 Å². The lowest BCUT2D eigenvalue weighted by Crippen LogP contribution is -2.34. The topological polar surface area (TPSA) is 81.8 Å². The first-order valence-electron chi connectivity index (χ1n) is 8.57. The van der Waals surface area contributed by atoms with E-state index in [9.17, 15) is 14.4 Å². The van der Waals surface area contributed by atoms with Crippen LogP contribution in [0, 0.1) is 0 Å². The van der Waals surface area contributed by atoms with Gasteiger partial charge in [-0.25, -0.2) is 4.79 Å². The minimum absolute atomic E-state index is 0.0338. The number of hydrogen-bond acceptors (Lipinski definition) is 3. The molecule has 0 saturated carbocycles. The molecule has 0 spiro atoms. The molecule has 4 amide bonds. The van der Waals surface area contributed by atoms with Crippen molar-refractivity contribution in [3.8, 4) is 0 Å². The first-order valence-corrected chi connectivity index (χ1v) is 8.57. The summed E-state index contributed by atoms with van der Waals surface area (Å²) in [7, 11) is 3.36. The fourth-order valence-corrected chi connectivity index (χ4v) is 2.68. The number of likely N-dealkylation sites (tertiary alicyclic amines) is 1. The second-order valence-corrected chi connectivity index (χ2v) is 6.39. The van der Waals surface area contributed by atoms with Crippen molar-refractivity contribution >= 4 is 23.5 Å². The summed E-state index contributed by atoms with van der Waals surface area (Å²) in [6.07, 6.45) is 2.88. The fourth-order valence-electron chi connectivity index (χ4n) is 2.68. The lowest BCUT2D eigenvalue weighted by molar-refractivity contribution is -0.134. The highest BCUT2D eigenvalue weighted by atomic mass is 16.2. The maximum absolute atomic E-state index is 11.9. The summed E-state index contributed by atoms with van der Waals surface area (Å²) in [6, 6.07) is 7.12. The van der Waals surface area contributed by atoms with Crippen LogP contribution < -0.4 is 10.6 Å². The van der Waals surface area contributed by atoms with Gasteiger partial charge in [0.15, 0.2) is 0 Å². The van der Waals surface area contributed by atoms with Crippen LogP contribution >= 0.6 is 0 Å². The second kappa shape index (κ2) is 9.05. The van der Waals surface area contributed by atoms with Crippen molar-refractivity contribution in [2.75, 3.05) is 32.5 Å². The molecule has 1 aliphatic rings. The van der Waals surface area contributed by atoms with Crippen LogP contribution in [0.5, 0.6) is 0 Å². The van der Waals surface area contributed by atoms with E-state index in [1.54, 1.807) is 20.2 Å². The van der Waals surface area contributed by atoms with Crippen molar-refractivity contribution in [1.29, 1.82) is 0 Å². The summed E-state index contributed by atoms with van der Waals surface area (Å²) in [4.78, 5) is 38.6. The van der Waals surface area contributed by atoms with Gasteiger partial charge in [-0.15, -0.1) is 0 Å². The standard InChI is InChI=1S/C18H26N4O3/c1-21(2)16(23)9-10-19-18(25)20-15-7-5-6-14(12-15)13-22-11-4-3-8-17(22)24/h5-7,12H,3-4,8-11,13H2,1-2H3,(H2,19,20,25). The van der Waals surface area contributed by atoms with E-state index >= 15 is 0 Å². The Morgan fingerprint density at radius 2 is 2.04 bits per heavy atom. The molecule has 1 aromatic carbocycles. The molecule has 1 heterocycles. The van der Waals surface area contributed by atoms with Crippen LogP contribution in [-0.2, 0) is 16.1 Å². The van der Waals surface area contributed by atoms with Crippen molar-refractivity contribution in [3.63, 3.8) is 0 Å². The molecule has 0 aromatic heterocycles. The van der Waals surface area contributed by atoms with Crippen molar-refractivity contribution in [3.05, 3.63) is 29.8 Å². The molecule has 1 aromatic rings. The predicted octanol–water partition coefficient (Wildman–Crippen LogP) is 1.80. The molecule has 0 radical (unpaired) electrons. The van der Waals surface area contributed by atoms with Crippen LogP contribution in [0.4, 0.5) is 10.5 Å². The van der Waals surface area contributed by atoms with Gasteiger partial charge in [0.25, 0.3) is 0 Å². The van der Waals surface area contributed by atoms with E-state index in [-0.39, 0.29) is 30.8 Å². The summed E-state index contributed by atoms with van der Waals surface area (Å²) in [5, 5.41) is 5.42. The van der Waals surface area contributed by atoms with E-state index in [4.69, 9.17) is 0 Å². The Balaban J connectivity index is 1.83. The summed E-state index contributed by atoms with van der Waals surface area (Å²) < 4.78 is 0. The van der Waals surface area contributed by atoms with Gasteiger partial charge in [-0.05, 0) is 30.5 Å². The fraction of sp³-hybridized carbons (Fsp3) is 0.500. The minimum Gasteiger partial charge on any atom is -0.349 e. The molecule has 0 aliphatic carbocycles. The van der Waals surface area contributed by atoms with Crippen LogP contribution in [0.2, 0.25) is 0 Å². The van der Waals surface area contributed by atoms with Crippen LogP contribution in [0.1, 0.15) is 31.2 Å². The number of piperidine rings is 1. The molecule has 7 heteroatoms. The molecular weight excluding hydrogens is 320 g/mol. The average molecular weight is 346 g/mol. The summed E-state index contributed by atoms with van der Waals surface area (Å²) in [5.74, 6) is 0.154. The number of nitrogens with one attached hydrogen (secondary N) is 2. The van der Waals surface area contributed by atoms with Gasteiger partial charge in [0.2, 0.25) is 11.8 Å². The lowest BCUT2D eigenvalue weighted by Gasteiger charge is -2.26. The largest absolute Gasteiger partial charge is 0.349 e. The van der Waals surface area contributed by atoms with E-state index in [1.165, 1.54) is 4.90 Å². The third-order valence-corrected chi connectivity index (χ3v) is 4.10. The number of rotatable bonds is 6. The van der Waals surface area contributed by atoms with Crippen molar-refractivity contribution in [2.24, 2.45) is 0 Å². The highest BCUT2D eigenvalue weighted by Gasteiger charge is 2.18. The monoisotopic (exact) mass is 346 g/mol. The zero-order chi connectivity index (χ0) is 18.2. The van der Waals surface area contributed by atoms with Crippen LogP contribution in [0.15, 0.2) is 24.3 Å². The molecular formula is C18H26N4O3. The molecule has 25 heavy (non-hydrogen) atoms. The van der Waals surface area contributed by atoms with Gasteiger partial charge in [-0.3, -0.25) is 9.59 Å². The number of carbonyl (C=O) groups excluding carboxylic acids is 3. The third kappa shape index (κ3) is 6.10. The highest BCUT2D eigenvalue weighted by molar-refractivity contribution is 5.89. The van der Waals surface area contributed by atoms with Crippen molar-refractivity contribution < 1.29 is 14.4 Å². The molecule has 1 fully saturated rings. The SMILES string of the molecule is CN(C)C(=O)CCNC(=O)Nc1cccc(CN2CCCCC2=O)c1. The molecule has 7 nitrogen and oxygen atoms in total. The van der Waals surface area contributed by atoms with Gasteiger partial charge in [-0.1, -0.05) is 12.1 Å². The molecule has 0 bridgehead atoms. The van der Waals surface area contributed by atoms with E-state index in [2.05, 4.69) is 10.6 Å². The Labute approximate surface area is 148 Å². The Morgan fingerprint density at radius 3 is 2.76 bits per heavy atom. The summed E-state index contributed by atoms with van der Waals surface area (Å²) in [6.45, 7) is 1.63. The predicted molar refractivity (Wildman–Crippen MR) is 96.0 cm³/mol. The van der Waals surface area contributed by atoms with Gasteiger partial charge in [0.05, 0.1) is 0 Å². The number of amides is 4. The van der Waals surface area contributed by atoms with Crippen LogP contribution in [0.25, 0.3) is 0 Å². The smallest absolute Gasteiger partial charge is 0.319 e. The summed E-state index contributed by atoms with van der Waals surface area (Å²) >= 11 is 0. The normalized spacial score (nSPS) is 14.2. The lowest BCUT2D eigenvalue weighted by atomic mass is 10.1. The quantitative estimate of drug-likeness (QED) is 0.824. The van der Waals surface area contributed by atoms with E-state index in [1.807, 2.05) is 23.1 Å². The zero-order valence-corrected chi connectivity index (χ0v) is 14.9. The number of hydrogen-bond donors (Lipinski definition) is 2. The Kier molecular flexibility index (Phi) is 6.80. The van der Waals surface area contributed by atoms with Gasteiger partial charge in [0.1, 0.15) is 0 Å². The Hall–Kier alpha value is -2.57. The molecule has 1 aliphatic heterocycles. The van der Waals surface area contributed by atoms with Gasteiger partial charge < -0.3 is 20.4 Å². The molecule has 136 valence electrons. The minimum atomic E-state index is -0.349.